The number of rotatable bonds is 5. The molecule has 6 heteroatoms. The van der Waals surface area contributed by atoms with Crippen molar-refractivity contribution in [2.45, 2.75) is 19.9 Å². The molecule has 1 aromatic heterocycles. The van der Waals surface area contributed by atoms with Crippen molar-refractivity contribution in [3.63, 3.8) is 0 Å². The van der Waals surface area contributed by atoms with Crippen LogP contribution in [0, 0.1) is 0 Å². The molecule has 2 rings (SSSR count). The predicted molar refractivity (Wildman–Crippen MR) is 76.3 cm³/mol. The largest absolute Gasteiger partial charge is 0.380 e. The number of nitrogens with one attached hydrogen (secondary N) is 1. The van der Waals surface area contributed by atoms with Gasteiger partial charge in [-0.25, -0.2) is 4.98 Å². The van der Waals surface area contributed by atoms with Crippen molar-refractivity contribution < 1.29 is 9.53 Å². The Balaban J connectivity index is 1.85. The van der Waals surface area contributed by atoms with E-state index in [2.05, 4.69) is 21.3 Å². The van der Waals surface area contributed by atoms with Gasteiger partial charge in [0.2, 0.25) is 5.91 Å². The lowest BCUT2D eigenvalue weighted by atomic mass is 10.1. The first-order chi connectivity index (χ1) is 9.17. The topological polar surface area (TPSA) is 54.5 Å². The van der Waals surface area contributed by atoms with Crippen molar-refractivity contribution >= 4 is 22.4 Å². The van der Waals surface area contributed by atoms with Crippen LogP contribution in [0.5, 0.6) is 0 Å². The van der Waals surface area contributed by atoms with Crippen LogP contribution in [0.2, 0.25) is 0 Å². The van der Waals surface area contributed by atoms with E-state index in [1.54, 1.807) is 7.11 Å². The summed E-state index contributed by atoms with van der Waals surface area (Å²) < 4.78 is 5.14. The molecular weight excluding hydrogens is 262 g/mol. The number of thiazole rings is 1. The highest BCUT2D eigenvalue weighted by atomic mass is 32.1. The SMILES string of the molecule is COCC1=CCN(Cc2csc(NC(C)=O)n2)CC1. The standard InChI is InChI=1S/C13H19N3O2S/c1-10(17)14-13-15-12(9-19-13)7-16-5-3-11(4-6-16)8-18-2/h3,9H,4-8H2,1-2H3,(H,14,15,17). The summed E-state index contributed by atoms with van der Waals surface area (Å²) in [5.41, 5.74) is 2.38. The first-order valence-corrected chi connectivity index (χ1v) is 7.16. The summed E-state index contributed by atoms with van der Waals surface area (Å²) in [6, 6.07) is 0. The molecule has 0 bridgehead atoms. The minimum Gasteiger partial charge on any atom is -0.380 e. The highest BCUT2D eigenvalue weighted by Gasteiger charge is 2.13. The molecular formula is C13H19N3O2S. The van der Waals surface area contributed by atoms with Gasteiger partial charge in [-0.15, -0.1) is 11.3 Å². The van der Waals surface area contributed by atoms with Gasteiger partial charge in [0.15, 0.2) is 5.13 Å². The fourth-order valence-electron chi connectivity index (χ4n) is 2.03. The summed E-state index contributed by atoms with van der Waals surface area (Å²) >= 11 is 1.47. The summed E-state index contributed by atoms with van der Waals surface area (Å²) in [6.07, 6.45) is 3.28. The van der Waals surface area contributed by atoms with E-state index in [-0.39, 0.29) is 5.91 Å². The first kappa shape index (κ1) is 14.2. The Morgan fingerprint density at radius 3 is 3.11 bits per heavy atom. The summed E-state index contributed by atoms with van der Waals surface area (Å²) in [5, 5.41) is 5.38. The molecule has 0 saturated carbocycles. The maximum absolute atomic E-state index is 10.9. The lowest BCUT2D eigenvalue weighted by molar-refractivity contribution is -0.114. The van der Waals surface area contributed by atoms with E-state index in [9.17, 15) is 4.79 Å². The molecule has 0 spiro atoms. The van der Waals surface area contributed by atoms with Gasteiger partial charge in [-0.05, 0) is 12.0 Å². The summed E-state index contributed by atoms with van der Waals surface area (Å²) in [4.78, 5) is 17.7. The second kappa shape index (κ2) is 6.79. The zero-order chi connectivity index (χ0) is 13.7. The van der Waals surface area contributed by atoms with Crippen molar-refractivity contribution in [2.24, 2.45) is 0 Å². The molecule has 1 aliphatic heterocycles. The quantitative estimate of drug-likeness (QED) is 0.837. The monoisotopic (exact) mass is 281 g/mol. The Bertz CT molecular complexity index is 470. The van der Waals surface area contributed by atoms with E-state index in [4.69, 9.17) is 4.74 Å². The molecule has 2 heterocycles. The van der Waals surface area contributed by atoms with Crippen molar-refractivity contribution in [2.75, 3.05) is 32.1 Å². The molecule has 1 amide bonds. The van der Waals surface area contributed by atoms with E-state index < -0.39 is 0 Å². The van der Waals surface area contributed by atoms with E-state index in [1.165, 1.54) is 23.8 Å². The molecule has 5 nitrogen and oxygen atoms in total. The van der Waals surface area contributed by atoms with Crippen LogP contribution in [-0.2, 0) is 16.1 Å². The fraction of sp³-hybridized carbons (Fsp3) is 0.538. The third-order valence-electron chi connectivity index (χ3n) is 2.94. The third-order valence-corrected chi connectivity index (χ3v) is 3.74. The summed E-state index contributed by atoms with van der Waals surface area (Å²) in [7, 11) is 1.73. The van der Waals surface area contributed by atoms with E-state index in [0.29, 0.717) is 5.13 Å². The normalized spacial score (nSPS) is 16.2. The summed E-state index contributed by atoms with van der Waals surface area (Å²) in [6.45, 7) is 5.02. The molecule has 0 fully saturated rings. The zero-order valence-electron chi connectivity index (χ0n) is 11.3. The van der Waals surface area contributed by atoms with E-state index in [1.807, 2.05) is 5.38 Å². The Hall–Kier alpha value is -1.24. The minimum absolute atomic E-state index is 0.0778. The number of aromatic nitrogens is 1. The zero-order valence-corrected chi connectivity index (χ0v) is 12.1. The van der Waals surface area contributed by atoms with Gasteiger partial charge in [0.1, 0.15) is 0 Å². The van der Waals surface area contributed by atoms with Crippen LogP contribution in [0.3, 0.4) is 0 Å². The molecule has 0 saturated heterocycles. The van der Waals surface area contributed by atoms with Crippen LogP contribution in [-0.4, -0.2) is 42.6 Å². The molecule has 19 heavy (non-hydrogen) atoms. The molecule has 0 aliphatic carbocycles. The molecule has 0 aromatic carbocycles. The average Bonchev–Trinajstić information content (AvgIpc) is 2.78. The Labute approximate surface area is 117 Å². The molecule has 0 unspecified atom stereocenters. The maximum Gasteiger partial charge on any atom is 0.223 e. The number of amides is 1. The molecule has 0 radical (unpaired) electrons. The molecule has 1 aromatic rings. The van der Waals surface area contributed by atoms with Gasteiger partial charge in [0, 0.05) is 39.0 Å². The van der Waals surface area contributed by atoms with Crippen LogP contribution in [0.4, 0.5) is 5.13 Å². The van der Waals surface area contributed by atoms with Gasteiger partial charge in [-0.2, -0.15) is 0 Å². The van der Waals surface area contributed by atoms with E-state index >= 15 is 0 Å². The average molecular weight is 281 g/mol. The van der Waals surface area contributed by atoms with Crippen molar-refractivity contribution in [3.8, 4) is 0 Å². The van der Waals surface area contributed by atoms with Crippen molar-refractivity contribution in [3.05, 3.63) is 22.7 Å². The fourth-order valence-corrected chi connectivity index (χ4v) is 2.78. The lowest BCUT2D eigenvalue weighted by Gasteiger charge is -2.25. The lowest BCUT2D eigenvalue weighted by Crippen LogP contribution is -2.29. The Morgan fingerprint density at radius 2 is 2.47 bits per heavy atom. The maximum atomic E-state index is 10.9. The number of hydrogen-bond acceptors (Lipinski definition) is 5. The van der Waals surface area contributed by atoms with Gasteiger partial charge in [-0.3, -0.25) is 9.69 Å². The number of methoxy groups -OCH3 is 1. The molecule has 1 aliphatic rings. The molecule has 1 N–H and O–H groups in total. The first-order valence-electron chi connectivity index (χ1n) is 6.28. The highest BCUT2D eigenvalue weighted by Crippen LogP contribution is 2.18. The van der Waals surface area contributed by atoms with E-state index in [0.717, 1.165) is 38.4 Å². The minimum atomic E-state index is -0.0778. The van der Waals surface area contributed by atoms with Crippen LogP contribution in [0.1, 0.15) is 19.0 Å². The number of carbonyl (C=O) groups is 1. The van der Waals surface area contributed by atoms with Gasteiger partial charge in [-0.1, -0.05) is 6.08 Å². The second-order valence-corrected chi connectivity index (χ2v) is 5.46. The third kappa shape index (κ3) is 4.41. The smallest absolute Gasteiger partial charge is 0.223 e. The van der Waals surface area contributed by atoms with Crippen molar-refractivity contribution in [1.82, 2.24) is 9.88 Å². The van der Waals surface area contributed by atoms with Crippen molar-refractivity contribution in [1.29, 1.82) is 0 Å². The molecule has 0 atom stereocenters. The van der Waals surface area contributed by atoms with Gasteiger partial charge < -0.3 is 10.1 Å². The summed E-state index contributed by atoms with van der Waals surface area (Å²) in [5.74, 6) is -0.0778. The predicted octanol–water partition coefficient (Wildman–Crippen LogP) is 1.88. The van der Waals surface area contributed by atoms with Crippen LogP contribution < -0.4 is 5.32 Å². The number of hydrogen-bond donors (Lipinski definition) is 1. The Kier molecular flexibility index (Phi) is 5.07. The highest BCUT2D eigenvalue weighted by molar-refractivity contribution is 7.13. The second-order valence-electron chi connectivity index (χ2n) is 4.61. The number of nitrogens with zero attached hydrogens (tertiary/aromatic N) is 2. The number of anilines is 1. The Morgan fingerprint density at radius 1 is 1.63 bits per heavy atom. The number of ether oxygens (including phenoxy) is 1. The van der Waals surface area contributed by atoms with Gasteiger partial charge in [0.05, 0.1) is 12.3 Å². The molecule has 104 valence electrons. The van der Waals surface area contributed by atoms with Crippen LogP contribution >= 0.6 is 11.3 Å². The van der Waals surface area contributed by atoms with Gasteiger partial charge in [0.25, 0.3) is 0 Å². The number of carbonyl (C=O) groups excluding carboxylic acids is 1. The van der Waals surface area contributed by atoms with Gasteiger partial charge >= 0.3 is 0 Å². The van der Waals surface area contributed by atoms with Crippen LogP contribution in [0.25, 0.3) is 0 Å². The van der Waals surface area contributed by atoms with Crippen LogP contribution in [0.15, 0.2) is 17.0 Å².